The van der Waals surface area contributed by atoms with Crippen molar-refractivity contribution in [3.63, 3.8) is 0 Å². The quantitative estimate of drug-likeness (QED) is 0.324. The van der Waals surface area contributed by atoms with Gasteiger partial charge in [0.25, 0.3) is 0 Å². The van der Waals surface area contributed by atoms with Gasteiger partial charge in [-0.05, 0) is 0 Å². The van der Waals surface area contributed by atoms with Crippen LogP contribution in [0.5, 0.6) is 0 Å². The monoisotopic (exact) mass is 314 g/mol. The van der Waals surface area contributed by atoms with Gasteiger partial charge in [0.05, 0.1) is 6.61 Å². The number of aliphatic hydroxyl groups excluding tert-OH is 5. The van der Waals surface area contributed by atoms with Crippen molar-refractivity contribution in [2.45, 2.75) is 30.7 Å². The minimum Gasteiger partial charge on any atom is -1.00 e. The number of aliphatic hydroxyl groups is 5. The molecule has 1 aliphatic heterocycles. The van der Waals surface area contributed by atoms with Crippen molar-refractivity contribution >= 4 is 0 Å². The van der Waals surface area contributed by atoms with Crippen LogP contribution >= 0.6 is 0 Å². The smallest absolute Gasteiger partial charge is 1.00 e. The van der Waals surface area contributed by atoms with Crippen LogP contribution in [0.2, 0.25) is 0 Å². The number of hydrogen-bond donors (Lipinski definition) is 5. The summed E-state index contributed by atoms with van der Waals surface area (Å²) in [5.41, 5.74) is 0. The van der Waals surface area contributed by atoms with Crippen molar-refractivity contribution in [3.05, 3.63) is 0 Å². The van der Waals surface area contributed by atoms with E-state index in [-0.39, 0.29) is 44.3 Å². The Labute approximate surface area is 112 Å². The summed E-state index contributed by atoms with van der Waals surface area (Å²) in [6.45, 7) is -0.596. The molecule has 1 saturated heterocycles. The van der Waals surface area contributed by atoms with Crippen molar-refractivity contribution in [1.82, 2.24) is 0 Å². The maximum Gasteiger partial charge on any atom is 2.00 e. The Morgan fingerprint density at radius 1 is 1.07 bits per heavy atom. The number of hydrogen-bond acceptors (Lipinski definition) is 6. The van der Waals surface area contributed by atoms with Crippen LogP contribution in [0, 0.1) is 0 Å². The average molecular weight is 316 g/mol. The van der Waals surface area contributed by atoms with Gasteiger partial charge >= 0.3 is 19.5 Å². The van der Waals surface area contributed by atoms with Crippen LogP contribution in [0.4, 0.5) is 0 Å². The van der Waals surface area contributed by atoms with E-state index in [1.165, 1.54) is 0 Å². The Kier molecular flexibility index (Phi) is 12.8. The molecule has 0 radical (unpaired) electrons. The molecular formula is C6H12Cl2O6Zn. The van der Waals surface area contributed by atoms with Gasteiger partial charge in [-0.25, -0.2) is 0 Å². The molecule has 0 saturated carbocycles. The summed E-state index contributed by atoms with van der Waals surface area (Å²) in [4.78, 5) is 0. The Morgan fingerprint density at radius 3 is 1.80 bits per heavy atom. The van der Waals surface area contributed by atoms with Gasteiger partial charge in [0.15, 0.2) is 6.29 Å². The summed E-state index contributed by atoms with van der Waals surface area (Å²) in [5.74, 6) is 0. The van der Waals surface area contributed by atoms with E-state index in [2.05, 4.69) is 4.74 Å². The zero-order valence-electron chi connectivity index (χ0n) is 7.70. The van der Waals surface area contributed by atoms with E-state index in [0.717, 1.165) is 0 Å². The molecule has 0 aromatic carbocycles. The molecule has 15 heavy (non-hydrogen) atoms. The van der Waals surface area contributed by atoms with Crippen molar-refractivity contribution in [2.24, 2.45) is 0 Å². The first kappa shape index (κ1) is 21.3. The van der Waals surface area contributed by atoms with Crippen LogP contribution in [0.25, 0.3) is 0 Å². The second-order valence-corrected chi connectivity index (χ2v) is 2.72. The Bertz CT molecular complexity index is 165. The minimum atomic E-state index is -1.51. The van der Waals surface area contributed by atoms with Gasteiger partial charge in [-0.15, -0.1) is 0 Å². The Balaban J connectivity index is -0.000000480. The predicted octanol–water partition coefficient (Wildman–Crippen LogP) is -9.22. The number of rotatable bonds is 2. The first-order valence-electron chi connectivity index (χ1n) is 3.56. The molecule has 9 heteroatoms. The van der Waals surface area contributed by atoms with Gasteiger partial charge in [0.2, 0.25) is 0 Å². The summed E-state index contributed by atoms with van der Waals surface area (Å²) in [5, 5.41) is 44.4. The molecular weight excluding hydrogens is 304 g/mol. The third kappa shape index (κ3) is 4.77. The molecule has 5 atom stereocenters. The van der Waals surface area contributed by atoms with E-state index in [1.807, 2.05) is 0 Å². The summed E-state index contributed by atoms with van der Waals surface area (Å²) in [6, 6.07) is 0. The van der Waals surface area contributed by atoms with E-state index in [0.29, 0.717) is 0 Å². The second kappa shape index (κ2) is 9.04. The Hall–Kier alpha value is 0.963. The molecule has 1 rings (SSSR count). The van der Waals surface area contributed by atoms with Gasteiger partial charge < -0.3 is 55.1 Å². The van der Waals surface area contributed by atoms with E-state index >= 15 is 0 Å². The molecule has 0 bridgehead atoms. The minimum absolute atomic E-state index is 0. The van der Waals surface area contributed by atoms with Crippen LogP contribution in [0.1, 0.15) is 0 Å². The standard InChI is InChI=1S/C6H12O6.2ClH.Zn/c7-1-2(8)5-3(9)4(10)6(11)12-5;;;/h2-11H,1H2;2*1H;/q;;;+2/p-2/t2?,3-,4-,5-,6?;;;/m1.../s1. The van der Waals surface area contributed by atoms with E-state index in [1.54, 1.807) is 0 Å². The molecule has 6 nitrogen and oxygen atoms in total. The van der Waals surface area contributed by atoms with Crippen LogP contribution in [-0.2, 0) is 24.2 Å². The molecule has 0 spiro atoms. The van der Waals surface area contributed by atoms with Gasteiger partial charge in [0.1, 0.15) is 24.4 Å². The normalized spacial score (nSPS) is 35.8. The molecule has 1 aliphatic rings. The van der Waals surface area contributed by atoms with Gasteiger partial charge in [-0.2, -0.15) is 0 Å². The maximum absolute atomic E-state index is 9.12. The number of halogens is 2. The van der Waals surface area contributed by atoms with Crippen molar-refractivity contribution < 1.29 is 74.6 Å². The molecule has 0 aromatic rings. The summed E-state index contributed by atoms with van der Waals surface area (Å²) < 4.78 is 4.58. The fourth-order valence-electron chi connectivity index (χ4n) is 1.11. The molecule has 1 fully saturated rings. The summed E-state index contributed by atoms with van der Waals surface area (Å²) in [7, 11) is 0. The van der Waals surface area contributed by atoms with Crippen LogP contribution in [0.15, 0.2) is 0 Å². The molecule has 88 valence electrons. The van der Waals surface area contributed by atoms with E-state index in [4.69, 9.17) is 25.5 Å². The largest absolute Gasteiger partial charge is 2.00 e. The van der Waals surface area contributed by atoms with Gasteiger partial charge in [0, 0.05) is 0 Å². The second-order valence-electron chi connectivity index (χ2n) is 2.72. The first-order valence-corrected chi connectivity index (χ1v) is 3.56. The molecule has 0 amide bonds. The van der Waals surface area contributed by atoms with Crippen molar-refractivity contribution in [1.29, 1.82) is 0 Å². The first-order chi connectivity index (χ1) is 5.57. The van der Waals surface area contributed by atoms with E-state index in [9.17, 15) is 0 Å². The van der Waals surface area contributed by atoms with E-state index < -0.39 is 37.3 Å². The van der Waals surface area contributed by atoms with Crippen molar-refractivity contribution in [3.8, 4) is 0 Å². The maximum atomic E-state index is 9.12. The third-order valence-corrected chi connectivity index (χ3v) is 1.84. The Morgan fingerprint density at radius 2 is 1.53 bits per heavy atom. The van der Waals surface area contributed by atoms with Crippen LogP contribution < -0.4 is 24.8 Å². The SMILES string of the molecule is OCC(O)[C@H]1OC(O)[C@H](O)[C@H]1O.[Cl-].[Cl-].[Zn+2]. The van der Waals surface area contributed by atoms with Crippen LogP contribution in [0.3, 0.4) is 0 Å². The molecule has 2 unspecified atom stereocenters. The summed E-state index contributed by atoms with van der Waals surface area (Å²) in [6.07, 6.45) is -6.75. The average Bonchev–Trinajstić information content (AvgIpc) is 2.32. The zero-order valence-corrected chi connectivity index (χ0v) is 12.2. The van der Waals surface area contributed by atoms with Gasteiger partial charge in [-0.3, -0.25) is 0 Å². The summed E-state index contributed by atoms with van der Waals surface area (Å²) >= 11 is 0. The fraction of sp³-hybridized carbons (Fsp3) is 1.00. The van der Waals surface area contributed by atoms with Crippen LogP contribution in [-0.4, -0.2) is 62.8 Å². The molecule has 1 heterocycles. The fourth-order valence-corrected chi connectivity index (χ4v) is 1.11. The predicted molar refractivity (Wildman–Crippen MR) is 36.0 cm³/mol. The van der Waals surface area contributed by atoms with Crippen molar-refractivity contribution in [2.75, 3.05) is 6.61 Å². The molecule has 5 N–H and O–H groups in total. The van der Waals surface area contributed by atoms with Gasteiger partial charge in [-0.1, -0.05) is 0 Å². The molecule has 0 aliphatic carbocycles. The third-order valence-electron chi connectivity index (χ3n) is 1.84. The molecule has 0 aromatic heterocycles. The zero-order chi connectivity index (χ0) is 9.30. The number of ether oxygens (including phenoxy) is 1. The topological polar surface area (TPSA) is 110 Å².